The molecule has 1 rings (SSSR count). The van der Waals surface area contributed by atoms with Crippen LogP contribution in [0.5, 0.6) is 0 Å². The van der Waals surface area contributed by atoms with Crippen LogP contribution in [0.2, 0.25) is 0 Å². The molecule has 0 saturated carbocycles. The second-order valence-electron chi connectivity index (χ2n) is 2.09. The van der Waals surface area contributed by atoms with Gasteiger partial charge in [0.05, 0.1) is 0 Å². The van der Waals surface area contributed by atoms with E-state index in [0.717, 1.165) is 5.75 Å². The topological polar surface area (TPSA) is 26.0 Å². The number of rotatable bonds is 2. The van der Waals surface area contributed by atoms with E-state index in [1.54, 1.807) is 0 Å². The van der Waals surface area contributed by atoms with Gasteiger partial charge in [-0.3, -0.25) is 0 Å². The maximum Gasteiger partial charge on any atom is 0.131 e. The van der Waals surface area contributed by atoms with Crippen molar-refractivity contribution in [1.82, 2.24) is 0 Å². The van der Waals surface area contributed by atoms with E-state index in [4.69, 9.17) is 18.0 Å². The molecule has 0 heterocycles. The third-order valence-corrected chi connectivity index (χ3v) is 2.34. The summed E-state index contributed by atoms with van der Waals surface area (Å²) < 4.78 is 0.508. The largest absolute Gasteiger partial charge is 0.385 e. The molecular formula is C8H9CuNS2. The van der Waals surface area contributed by atoms with Crippen molar-refractivity contribution in [2.45, 2.75) is 5.75 Å². The van der Waals surface area contributed by atoms with Gasteiger partial charge in [0.25, 0.3) is 0 Å². The predicted octanol–water partition coefficient (Wildman–Crippen LogP) is 2.16. The van der Waals surface area contributed by atoms with E-state index in [2.05, 4.69) is 12.1 Å². The van der Waals surface area contributed by atoms with Gasteiger partial charge in [-0.25, -0.2) is 0 Å². The first kappa shape index (κ1) is 12.0. The molecule has 0 saturated heterocycles. The molecule has 1 nitrogen and oxygen atoms in total. The minimum Gasteiger partial charge on any atom is -0.385 e. The van der Waals surface area contributed by atoms with E-state index < -0.39 is 0 Å². The fourth-order valence-electron chi connectivity index (χ4n) is 0.729. The summed E-state index contributed by atoms with van der Waals surface area (Å²) in [6, 6.07) is 10.1. The minimum atomic E-state index is 0. The van der Waals surface area contributed by atoms with E-state index in [1.165, 1.54) is 17.3 Å². The molecule has 1 aromatic carbocycles. The summed E-state index contributed by atoms with van der Waals surface area (Å²) in [5.41, 5.74) is 6.59. The number of thiocarbonyl (C=S) groups is 1. The Kier molecular flexibility index (Phi) is 6.48. The summed E-state index contributed by atoms with van der Waals surface area (Å²) in [5.74, 6) is 0.871. The molecule has 2 N–H and O–H groups in total. The molecule has 12 heavy (non-hydrogen) atoms. The third kappa shape index (κ3) is 4.78. The van der Waals surface area contributed by atoms with Gasteiger partial charge in [0.15, 0.2) is 0 Å². The molecule has 0 fully saturated rings. The maximum absolute atomic E-state index is 5.33. The van der Waals surface area contributed by atoms with Crippen LogP contribution in [0.25, 0.3) is 0 Å². The Morgan fingerprint density at radius 3 is 2.42 bits per heavy atom. The van der Waals surface area contributed by atoms with Gasteiger partial charge < -0.3 is 5.73 Å². The van der Waals surface area contributed by atoms with Crippen molar-refractivity contribution in [3.05, 3.63) is 35.9 Å². The molecule has 69 valence electrons. The zero-order valence-electron chi connectivity index (χ0n) is 6.29. The Bertz CT molecular complexity index is 238. The van der Waals surface area contributed by atoms with E-state index in [9.17, 15) is 0 Å². The molecule has 0 atom stereocenters. The van der Waals surface area contributed by atoms with Gasteiger partial charge in [-0.2, -0.15) is 0 Å². The van der Waals surface area contributed by atoms with Gasteiger partial charge in [-0.15, -0.1) is 0 Å². The van der Waals surface area contributed by atoms with Crippen LogP contribution in [0.4, 0.5) is 0 Å². The van der Waals surface area contributed by atoms with E-state index in [-0.39, 0.29) is 17.1 Å². The fourth-order valence-corrected chi connectivity index (χ4v) is 1.41. The van der Waals surface area contributed by atoms with E-state index in [1.807, 2.05) is 18.2 Å². The van der Waals surface area contributed by atoms with Crippen LogP contribution in [0, 0.1) is 0 Å². The van der Waals surface area contributed by atoms with Crippen molar-refractivity contribution in [3.63, 3.8) is 0 Å². The van der Waals surface area contributed by atoms with Gasteiger partial charge in [0.1, 0.15) is 4.32 Å². The van der Waals surface area contributed by atoms with Crippen molar-refractivity contribution >= 4 is 28.3 Å². The number of nitrogens with two attached hydrogens (primary N) is 1. The summed E-state index contributed by atoms with van der Waals surface area (Å²) in [6.07, 6.45) is 0. The van der Waals surface area contributed by atoms with Crippen molar-refractivity contribution in [2.75, 3.05) is 0 Å². The van der Waals surface area contributed by atoms with Crippen LogP contribution in [0.3, 0.4) is 0 Å². The van der Waals surface area contributed by atoms with Crippen LogP contribution < -0.4 is 5.73 Å². The Labute approximate surface area is 92.6 Å². The molecule has 0 aliphatic rings. The molecule has 0 aliphatic heterocycles. The standard InChI is InChI=1S/C8H9NS2.Cu/c9-8(10)11-6-7-4-2-1-3-5-7;/h1-5H,6H2,(H2,9,10);. The van der Waals surface area contributed by atoms with Gasteiger partial charge in [-0.1, -0.05) is 54.3 Å². The molecule has 0 bridgehead atoms. The first-order valence-electron chi connectivity index (χ1n) is 3.25. The average Bonchev–Trinajstić information content (AvgIpc) is 2.03. The quantitative estimate of drug-likeness (QED) is 0.640. The molecule has 0 unspecified atom stereocenters. The molecule has 0 amide bonds. The van der Waals surface area contributed by atoms with Gasteiger partial charge >= 0.3 is 0 Å². The number of thioether (sulfide) groups is 1. The van der Waals surface area contributed by atoms with Crippen molar-refractivity contribution in [3.8, 4) is 0 Å². The van der Waals surface area contributed by atoms with E-state index in [0.29, 0.717) is 4.32 Å². The minimum absolute atomic E-state index is 0. The Hall–Kier alpha value is -0.0205. The van der Waals surface area contributed by atoms with Crippen LogP contribution >= 0.6 is 24.0 Å². The molecular weight excluding hydrogens is 238 g/mol. The smallest absolute Gasteiger partial charge is 0.131 e. The summed E-state index contributed by atoms with van der Waals surface area (Å²) in [6.45, 7) is 0. The van der Waals surface area contributed by atoms with E-state index >= 15 is 0 Å². The van der Waals surface area contributed by atoms with Gasteiger partial charge in [0, 0.05) is 22.8 Å². The van der Waals surface area contributed by atoms with Crippen LogP contribution in [-0.4, -0.2) is 4.32 Å². The number of benzene rings is 1. The fraction of sp³-hybridized carbons (Fsp3) is 0.125. The number of hydrogen-bond donors (Lipinski definition) is 1. The molecule has 0 aliphatic carbocycles. The summed E-state index contributed by atoms with van der Waals surface area (Å²) in [7, 11) is 0. The van der Waals surface area contributed by atoms with Crippen molar-refractivity contribution in [1.29, 1.82) is 0 Å². The Morgan fingerprint density at radius 1 is 1.33 bits per heavy atom. The molecule has 1 radical (unpaired) electrons. The van der Waals surface area contributed by atoms with Crippen LogP contribution in [-0.2, 0) is 22.8 Å². The average molecular weight is 247 g/mol. The normalized spacial score (nSPS) is 8.67. The zero-order valence-corrected chi connectivity index (χ0v) is 8.86. The second kappa shape index (κ2) is 6.49. The van der Waals surface area contributed by atoms with Gasteiger partial charge in [0.2, 0.25) is 0 Å². The second-order valence-corrected chi connectivity index (χ2v) is 3.81. The van der Waals surface area contributed by atoms with Crippen molar-refractivity contribution < 1.29 is 17.1 Å². The van der Waals surface area contributed by atoms with Gasteiger partial charge in [-0.05, 0) is 5.56 Å². The summed E-state index contributed by atoms with van der Waals surface area (Å²) in [5, 5.41) is 0. The monoisotopic (exact) mass is 246 g/mol. The van der Waals surface area contributed by atoms with Crippen LogP contribution in [0.1, 0.15) is 5.56 Å². The molecule has 1 aromatic rings. The maximum atomic E-state index is 5.33. The first-order valence-corrected chi connectivity index (χ1v) is 4.64. The SMILES string of the molecule is NC(=S)SCc1ccccc1.[Cu]. The Balaban J connectivity index is 0.00000121. The molecule has 4 heteroatoms. The Morgan fingerprint density at radius 2 is 1.92 bits per heavy atom. The first-order chi connectivity index (χ1) is 5.29. The van der Waals surface area contributed by atoms with Crippen molar-refractivity contribution in [2.24, 2.45) is 5.73 Å². The predicted molar refractivity (Wildman–Crippen MR) is 54.5 cm³/mol. The zero-order chi connectivity index (χ0) is 8.10. The third-order valence-electron chi connectivity index (χ3n) is 1.22. The molecule has 0 aromatic heterocycles. The molecule has 0 spiro atoms. The number of hydrogen-bond acceptors (Lipinski definition) is 2. The van der Waals surface area contributed by atoms with Crippen LogP contribution in [0.15, 0.2) is 30.3 Å². The summed E-state index contributed by atoms with van der Waals surface area (Å²) in [4.78, 5) is 0. The summed E-state index contributed by atoms with van der Waals surface area (Å²) >= 11 is 6.23.